The lowest BCUT2D eigenvalue weighted by Gasteiger charge is -2.28. The summed E-state index contributed by atoms with van der Waals surface area (Å²) in [5.74, 6) is -0.510. The Balaban J connectivity index is 1.34. The van der Waals surface area contributed by atoms with Crippen LogP contribution in [0.25, 0.3) is 5.65 Å². The standard InChI is InChI=1S/C20H22N6O3/c1-24(20(28)15-2-7-18-23-21-14-26(18)12-15)13-19(27)22-16-3-5-17(6-4-16)25-8-10-29-11-9-25/h2-7,12,14H,8-11,13H2,1H3,(H,22,27). The number of carbonyl (C=O) groups is 2. The molecule has 0 aliphatic carbocycles. The van der Waals surface area contributed by atoms with Gasteiger partial charge >= 0.3 is 0 Å². The van der Waals surface area contributed by atoms with Crippen molar-refractivity contribution in [3.63, 3.8) is 0 Å². The molecule has 0 radical (unpaired) electrons. The molecular formula is C20H22N6O3. The van der Waals surface area contributed by atoms with Crippen molar-refractivity contribution in [2.75, 3.05) is 50.1 Å². The highest BCUT2D eigenvalue weighted by Gasteiger charge is 2.16. The molecule has 3 aromatic rings. The number of nitrogens with one attached hydrogen (secondary N) is 1. The van der Waals surface area contributed by atoms with Crippen LogP contribution >= 0.6 is 0 Å². The van der Waals surface area contributed by atoms with Gasteiger partial charge in [-0.1, -0.05) is 0 Å². The second-order valence-electron chi connectivity index (χ2n) is 6.87. The molecule has 1 aliphatic rings. The minimum Gasteiger partial charge on any atom is -0.378 e. The van der Waals surface area contributed by atoms with Gasteiger partial charge in [-0.15, -0.1) is 10.2 Å². The van der Waals surface area contributed by atoms with Gasteiger partial charge in [0.2, 0.25) is 5.91 Å². The van der Waals surface area contributed by atoms with Gasteiger partial charge in [-0.3, -0.25) is 14.0 Å². The maximum Gasteiger partial charge on any atom is 0.255 e. The highest BCUT2D eigenvalue weighted by Crippen LogP contribution is 2.19. The molecule has 0 atom stereocenters. The number of carbonyl (C=O) groups excluding carboxylic acids is 2. The zero-order valence-corrected chi connectivity index (χ0v) is 16.1. The van der Waals surface area contributed by atoms with E-state index in [0.717, 1.165) is 32.0 Å². The van der Waals surface area contributed by atoms with Crippen molar-refractivity contribution in [2.45, 2.75) is 0 Å². The second-order valence-corrected chi connectivity index (χ2v) is 6.87. The average molecular weight is 394 g/mol. The van der Waals surface area contributed by atoms with E-state index in [1.807, 2.05) is 24.3 Å². The molecule has 150 valence electrons. The van der Waals surface area contributed by atoms with E-state index in [9.17, 15) is 9.59 Å². The summed E-state index contributed by atoms with van der Waals surface area (Å²) >= 11 is 0. The van der Waals surface area contributed by atoms with Crippen molar-refractivity contribution in [3.8, 4) is 0 Å². The Morgan fingerprint density at radius 1 is 1.14 bits per heavy atom. The number of fused-ring (bicyclic) bond motifs is 1. The predicted octanol–water partition coefficient (Wildman–Crippen LogP) is 1.28. The monoisotopic (exact) mass is 394 g/mol. The molecule has 9 nitrogen and oxygen atoms in total. The molecule has 3 heterocycles. The normalized spacial score (nSPS) is 14.0. The van der Waals surface area contributed by atoms with E-state index >= 15 is 0 Å². The first kappa shape index (κ1) is 18.9. The van der Waals surface area contributed by atoms with Gasteiger partial charge in [0.15, 0.2) is 5.65 Å². The number of benzene rings is 1. The number of nitrogens with zero attached hydrogens (tertiary/aromatic N) is 5. The summed E-state index contributed by atoms with van der Waals surface area (Å²) in [5, 5.41) is 10.5. The summed E-state index contributed by atoms with van der Waals surface area (Å²) in [4.78, 5) is 28.6. The maximum absolute atomic E-state index is 12.6. The van der Waals surface area contributed by atoms with Gasteiger partial charge in [0.1, 0.15) is 6.33 Å². The fraction of sp³-hybridized carbons (Fsp3) is 0.300. The lowest BCUT2D eigenvalue weighted by Crippen LogP contribution is -2.36. The Bertz CT molecular complexity index is 1010. The van der Waals surface area contributed by atoms with Gasteiger partial charge in [-0.25, -0.2) is 0 Å². The average Bonchev–Trinajstić information content (AvgIpc) is 3.22. The molecule has 0 saturated carbocycles. The van der Waals surface area contributed by atoms with Crippen LogP contribution in [0.5, 0.6) is 0 Å². The van der Waals surface area contributed by atoms with E-state index in [2.05, 4.69) is 20.4 Å². The molecule has 29 heavy (non-hydrogen) atoms. The van der Waals surface area contributed by atoms with Crippen LogP contribution in [-0.2, 0) is 9.53 Å². The molecule has 1 aromatic carbocycles. The van der Waals surface area contributed by atoms with Crippen molar-refractivity contribution in [2.24, 2.45) is 0 Å². The van der Waals surface area contributed by atoms with Crippen LogP contribution in [0.2, 0.25) is 0 Å². The molecule has 1 fully saturated rings. The van der Waals surface area contributed by atoms with E-state index in [4.69, 9.17) is 4.74 Å². The molecule has 2 aromatic heterocycles. The third kappa shape index (κ3) is 4.35. The molecule has 1 saturated heterocycles. The fourth-order valence-corrected chi connectivity index (χ4v) is 3.24. The van der Waals surface area contributed by atoms with Crippen LogP contribution in [0.15, 0.2) is 48.9 Å². The largest absolute Gasteiger partial charge is 0.378 e. The van der Waals surface area contributed by atoms with Crippen molar-refractivity contribution in [1.29, 1.82) is 0 Å². The van der Waals surface area contributed by atoms with Crippen LogP contribution in [0.3, 0.4) is 0 Å². The number of anilines is 2. The SMILES string of the molecule is CN(CC(=O)Nc1ccc(N2CCOCC2)cc1)C(=O)c1ccc2nncn2c1. The molecule has 1 N–H and O–H groups in total. The number of ether oxygens (including phenoxy) is 1. The summed E-state index contributed by atoms with van der Waals surface area (Å²) in [6.45, 7) is 3.12. The van der Waals surface area contributed by atoms with Crippen LogP contribution in [0.4, 0.5) is 11.4 Å². The first-order valence-corrected chi connectivity index (χ1v) is 9.37. The predicted molar refractivity (Wildman–Crippen MR) is 108 cm³/mol. The number of rotatable bonds is 5. The Morgan fingerprint density at radius 3 is 2.66 bits per heavy atom. The second kappa shape index (κ2) is 8.27. The minimum atomic E-state index is -0.259. The molecule has 0 unspecified atom stereocenters. The van der Waals surface area contributed by atoms with Crippen molar-refractivity contribution in [1.82, 2.24) is 19.5 Å². The maximum atomic E-state index is 12.6. The quantitative estimate of drug-likeness (QED) is 0.701. The van der Waals surface area contributed by atoms with E-state index in [0.29, 0.717) is 16.9 Å². The summed E-state index contributed by atoms with van der Waals surface area (Å²) in [5.41, 5.74) is 2.91. The smallest absolute Gasteiger partial charge is 0.255 e. The zero-order chi connectivity index (χ0) is 20.2. The third-order valence-corrected chi connectivity index (χ3v) is 4.79. The van der Waals surface area contributed by atoms with Gasteiger partial charge in [-0.05, 0) is 36.4 Å². The number of morpholine rings is 1. The van der Waals surface area contributed by atoms with Crippen LogP contribution in [-0.4, -0.2) is 71.2 Å². The number of likely N-dealkylation sites (N-methyl/N-ethyl adjacent to an activating group) is 1. The molecule has 0 bridgehead atoms. The number of hydrogen-bond acceptors (Lipinski definition) is 6. The van der Waals surface area contributed by atoms with Gasteiger partial charge in [0.05, 0.1) is 25.3 Å². The van der Waals surface area contributed by atoms with Gasteiger partial charge in [0, 0.05) is 37.7 Å². The molecule has 4 rings (SSSR count). The first-order chi connectivity index (χ1) is 14.1. The summed E-state index contributed by atoms with van der Waals surface area (Å²) in [6, 6.07) is 11.1. The molecule has 1 aliphatic heterocycles. The van der Waals surface area contributed by atoms with Crippen molar-refractivity contribution >= 4 is 28.8 Å². The third-order valence-electron chi connectivity index (χ3n) is 4.79. The van der Waals surface area contributed by atoms with E-state index in [1.54, 1.807) is 29.8 Å². The van der Waals surface area contributed by atoms with Crippen LogP contribution in [0, 0.1) is 0 Å². The number of hydrogen-bond donors (Lipinski definition) is 1. The van der Waals surface area contributed by atoms with Gasteiger partial charge in [0.25, 0.3) is 5.91 Å². The summed E-state index contributed by atoms with van der Waals surface area (Å²) < 4.78 is 7.03. The molecule has 9 heteroatoms. The lowest BCUT2D eigenvalue weighted by molar-refractivity contribution is -0.116. The minimum absolute atomic E-state index is 0.0513. The number of pyridine rings is 1. The van der Waals surface area contributed by atoms with Gasteiger partial charge in [-0.2, -0.15) is 0 Å². The highest BCUT2D eigenvalue weighted by atomic mass is 16.5. The highest BCUT2D eigenvalue weighted by molar-refractivity contribution is 5.99. The topological polar surface area (TPSA) is 92.1 Å². The first-order valence-electron chi connectivity index (χ1n) is 9.37. The lowest BCUT2D eigenvalue weighted by atomic mass is 10.2. The van der Waals surface area contributed by atoms with E-state index in [1.165, 1.54) is 11.2 Å². The molecule has 2 amide bonds. The summed E-state index contributed by atoms with van der Waals surface area (Å²) in [7, 11) is 1.60. The number of aromatic nitrogens is 3. The van der Waals surface area contributed by atoms with Crippen LogP contribution < -0.4 is 10.2 Å². The Morgan fingerprint density at radius 2 is 1.90 bits per heavy atom. The van der Waals surface area contributed by atoms with Crippen LogP contribution in [0.1, 0.15) is 10.4 Å². The Kier molecular flexibility index (Phi) is 5.39. The zero-order valence-electron chi connectivity index (χ0n) is 16.1. The number of amides is 2. The fourth-order valence-electron chi connectivity index (χ4n) is 3.24. The van der Waals surface area contributed by atoms with Crippen molar-refractivity contribution in [3.05, 3.63) is 54.5 Å². The Hall–Kier alpha value is -3.46. The Labute approximate surface area is 167 Å². The molecule has 0 spiro atoms. The molecular weight excluding hydrogens is 372 g/mol. The summed E-state index contributed by atoms with van der Waals surface area (Å²) in [6.07, 6.45) is 3.18. The van der Waals surface area contributed by atoms with Crippen molar-refractivity contribution < 1.29 is 14.3 Å². The van der Waals surface area contributed by atoms with Gasteiger partial charge < -0.3 is 19.9 Å². The van der Waals surface area contributed by atoms with E-state index < -0.39 is 0 Å². The van der Waals surface area contributed by atoms with E-state index in [-0.39, 0.29) is 18.4 Å².